The van der Waals surface area contributed by atoms with Crippen LogP contribution in [0.2, 0.25) is 0 Å². The molecule has 0 saturated heterocycles. The van der Waals surface area contributed by atoms with E-state index in [0.29, 0.717) is 12.0 Å². The maximum absolute atomic E-state index is 5.58. The van der Waals surface area contributed by atoms with Crippen molar-refractivity contribution in [1.82, 2.24) is 10.6 Å². The van der Waals surface area contributed by atoms with Gasteiger partial charge in [-0.1, -0.05) is 33.1 Å². The van der Waals surface area contributed by atoms with Crippen LogP contribution in [0.1, 0.15) is 59.3 Å². The molecule has 0 spiro atoms. The predicted octanol–water partition coefficient (Wildman–Crippen LogP) is 2.94. The molecule has 0 unspecified atom stereocenters. The lowest BCUT2D eigenvalue weighted by molar-refractivity contribution is 0.109. The molecule has 0 heterocycles. The molecule has 0 aromatic heterocycles. The first-order chi connectivity index (χ1) is 9.72. The lowest BCUT2D eigenvalue weighted by atomic mass is 9.96. The summed E-state index contributed by atoms with van der Waals surface area (Å²) >= 11 is 0. The van der Waals surface area contributed by atoms with Gasteiger partial charge >= 0.3 is 0 Å². The zero-order valence-electron chi connectivity index (χ0n) is 13.6. The standard InChI is InChI=1S/C16H33N3O/c1-4-17-16(19-15-9-6-5-7-10-15)18-11-8-12-20-13-14(2)3/h14-15H,4-13H2,1-3H3,(H2,17,18,19). The van der Waals surface area contributed by atoms with Crippen molar-refractivity contribution in [2.24, 2.45) is 10.9 Å². The maximum atomic E-state index is 5.58. The monoisotopic (exact) mass is 283 g/mol. The van der Waals surface area contributed by atoms with E-state index in [2.05, 4.69) is 36.4 Å². The van der Waals surface area contributed by atoms with E-state index in [0.717, 1.165) is 38.7 Å². The van der Waals surface area contributed by atoms with Crippen molar-refractivity contribution in [3.63, 3.8) is 0 Å². The van der Waals surface area contributed by atoms with E-state index in [1.807, 2.05) is 0 Å². The van der Waals surface area contributed by atoms with Crippen LogP contribution in [-0.2, 0) is 4.74 Å². The number of nitrogens with zero attached hydrogens (tertiary/aromatic N) is 1. The SMILES string of the molecule is CCNC(=NCCCOCC(C)C)NC1CCCCC1. The molecule has 1 aliphatic carbocycles. The molecule has 4 heteroatoms. The molecular formula is C16H33N3O. The summed E-state index contributed by atoms with van der Waals surface area (Å²) in [5.41, 5.74) is 0. The first-order valence-corrected chi connectivity index (χ1v) is 8.35. The Labute approximate surface area is 124 Å². The molecule has 118 valence electrons. The van der Waals surface area contributed by atoms with E-state index in [1.165, 1.54) is 32.1 Å². The third-order valence-corrected chi connectivity index (χ3v) is 3.46. The van der Waals surface area contributed by atoms with Gasteiger partial charge in [0.05, 0.1) is 0 Å². The Morgan fingerprint density at radius 1 is 1.25 bits per heavy atom. The van der Waals surface area contributed by atoms with Crippen LogP contribution in [0.4, 0.5) is 0 Å². The average Bonchev–Trinajstić information content (AvgIpc) is 2.43. The van der Waals surface area contributed by atoms with Gasteiger partial charge in [-0.3, -0.25) is 4.99 Å². The van der Waals surface area contributed by atoms with Gasteiger partial charge in [0, 0.05) is 32.3 Å². The van der Waals surface area contributed by atoms with E-state index in [4.69, 9.17) is 4.74 Å². The van der Waals surface area contributed by atoms with Gasteiger partial charge in [-0.25, -0.2) is 0 Å². The zero-order valence-corrected chi connectivity index (χ0v) is 13.6. The van der Waals surface area contributed by atoms with Gasteiger partial charge in [0.2, 0.25) is 0 Å². The lowest BCUT2D eigenvalue weighted by Gasteiger charge is -2.24. The summed E-state index contributed by atoms with van der Waals surface area (Å²) in [6, 6.07) is 0.610. The maximum Gasteiger partial charge on any atom is 0.191 e. The van der Waals surface area contributed by atoms with Crippen LogP contribution in [0, 0.1) is 5.92 Å². The fourth-order valence-corrected chi connectivity index (χ4v) is 2.44. The highest BCUT2D eigenvalue weighted by Crippen LogP contribution is 2.17. The highest BCUT2D eigenvalue weighted by Gasteiger charge is 2.14. The summed E-state index contributed by atoms with van der Waals surface area (Å²) < 4.78 is 5.58. The summed E-state index contributed by atoms with van der Waals surface area (Å²) in [7, 11) is 0. The molecule has 1 fully saturated rings. The molecule has 0 atom stereocenters. The number of nitrogens with one attached hydrogen (secondary N) is 2. The molecule has 1 rings (SSSR count). The van der Waals surface area contributed by atoms with Crippen molar-refractivity contribution in [2.45, 2.75) is 65.3 Å². The summed E-state index contributed by atoms with van der Waals surface area (Å²) in [6.07, 6.45) is 7.64. The van der Waals surface area contributed by atoms with E-state index < -0.39 is 0 Å². The molecule has 0 aromatic carbocycles. The van der Waals surface area contributed by atoms with E-state index in [1.54, 1.807) is 0 Å². The Morgan fingerprint density at radius 3 is 2.65 bits per heavy atom. The van der Waals surface area contributed by atoms with Gasteiger partial charge in [-0.2, -0.15) is 0 Å². The Kier molecular flexibility index (Phi) is 9.46. The number of aliphatic imine (C=N–C) groups is 1. The Balaban J connectivity index is 2.20. The highest BCUT2D eigenvalue weighted by atomic mass is 16.5. The Hall–Kier alpha value is -0.770. The topological polar surface area (TPSA) is 45.7 Å². The fraction of sp³-hybridized carbons (Fsp3) is 0.938. The molecule has 0 radical (unpaired) electrons. The summed E-state index contributed by atoms with van der Waals surface area (Å²) in [5, 5.41) is 6.90. The molecule has 1 aliphatic rings. The minimum atomic E-state index is 0.610. The van der Waals surface area contributed by atoms with Crippen molar-refractivity contribution in [2.75, 3.05) is 26.3 Å². The molecular weight excluding hydrogens is 250 g/mol. The number of hydrogen-bond acceptors (Lipinski definition) is 2. The Morgan fingerprint density at radius 2 is 2.00 bits per heavy atom. The van der Waals surface area contributed by atoms with Crippen LogP contribution < -0.4 is 10.6 Å². The summed E-state index contributed by atoms with van der Waals surface area (Å²) in [6.45, 7) is 9.88. The van der Waals surface area contributed by atoms with Crippen LogP contribution in [0.3, 0.4) is 0 Å². The van der Waals surface area contributed by atoms with E-state index in [9.17, 15) is 0 Å². The van der Waals surface area contributed by atoms with Crippen molar-refractivity contribution in [1.29, 1.82) is 0 Å². The van der Waals surface area contributed by atoms with Crippen LogP contribution >= 0.6 is 0 Å². The second-order valence-electron chi connectivity index (χ2n) is 6.06. The third-order valence-electron chi connectivity index (χ3n) is 3.46. The molecule has 4 nitrogen and oxygen atoms in total. The first-order valence-electron chi connectivity index (χ1n) is 8.35. The average molecular weight is 283 g/mol. The van der Waals surface area contributed by atoms with Crippen molar-refractivity contribution in [3.05, 3.63) is 0 Å². The predicted molar refractivity (Wildman–Crippen MR) is 86.3 cm³/mol. The van der Waals surface area contributed by atoms with E-state index in [-0.39, 0.29) is 0 Å². The number of guanidine groups is 1. The van der Waals surface area contributed by atoms with Crippen LogP contribution in [0.25, 0.3) is 0 Å². The van der Waals surface area contributed by atoms with Gasteiger partial charge in [0.25, 0.3) is 0 Å². The summed E-state index contributed by atoms with van der Waals surface area (Å²) in [4.78, 5) is 4.64. The summed E-state index contributed by atoms with van der Waals surface area (Å²) in [5.74, 6) is 1.59. The smallest absolute Gasteiger partial charge is 0.191 e. The second kappa shape index (κ2) is 11.0. The number of ether oxygens (including phenoxy) is 1. The van der Waals surface area contributed by atoms with Crippen molar-refractivity contribution < 1.29 is 4.74 Å². The Bertz CT molecular complexity index is 260. The van der Waals surface area contributed by atoms with Gasteiger partial charge < -0.3 is 15.4 Å². The van der Waals surface area contributed by atoms with E-state index >= 15 is 0 Å². The zero-order chi connectivity index (χ0) is 14.6. The number of hydrogen-bond donors (Lipinski definition) is 2. The number of rotatable bonds is 8. The quantitative estimate of drug-likeness (QED) is 0.409. The fourth-order valence-electron chi connectivity index (χ4n) is 2.44. The highest BCUT2D eigenvalue weighted by molar-refractivity contribution is 5.80. The van der Waals surface area contributed by atoms with Gasteiger partial charge in [-0.15, -0.1) is 0 Å². The first kappa shape index (κ1) is 17.3. The molecule has 1 saturated carbocycles. The minimum Gasteiger partial charge on any atom is -0.381 e. The molecule has 0 amide bonds. The van der Waals surface area contributed by atoms with Crippen LogP contribution in [0.15, 0.2) is 4.99 Å². The van der Waals surface area contributed by atoms with Crippen molar-refractivity contribution >= 4 is 5.96 Å². The lowest BCUT2D eigenvalue weighted by Crippen LogP contribution is -2.44. The molecule has 20 heavy (non-hydrogen) atoms. The minimum absolute atomic E-state index is 0.610. The van der Waals surface area contributed by atoms with Crippen LogP contribution in [0.5, 0.6) is 0 Å². The largest absolute Gasteiger partial charge is 0.381 e. The normalized spacial score (nSPS) is 17.5. The van der Waals surface area contributed by atoms with Crippen LogP contribution in [-0.4, -0.2) is 38.3 Å². The van der Waals surface area contributed by atoms with Gasteiger partial charge in [0.15, 0.2) is 5.96 Å². The third kappa shape index (κ3) is 8.41. The van der Waals surface area contributed by atoms with Crippen molar-refractivity contribution in [3.8, 4) is 0 Å². The molecule has 0 aromatic rings. The second-order valence-corrected chi connectivity index (χ2v) is 6.06. The van der Waals surface area contributed by atoms with Gasteiger partial charge in [0.1, 0.15) is 0 Å². The molecule has 0 aliphatic heterocycles. The molecule has 2 N–H and O–H groups in total. The molecule has 0 bridgehead atoms. The van der Waals surface area contributed by atoms with Gasteiger partial charge in [-0.05, 0) is 32.1 Å².